The monoisotopic (exact) mass is 356 g/mol. The Morgan fingerprint density at radius 2 is 2.09 bits per heavy atom. The van der Waals surface area contributed by atoms with Crippen molar-refractivity contribution in [3.63, 3.8) is 0 Å². The van der Waals surface area contributed by atoms with Gasteiger partial charge in [-0.2, -0.15) is 4.57 Å². The van der Waals surface area contributed by atoms with E-state index in [2.05, 4.69) is 45.2 Å². The number of rotatable bonds is 3. The summed E-state index contributed by atoms with van der Waals surface area (Å²) in [6.45, 7) is 4.86. The van der Waals surface area contributed by atoms with Gasteiger partial charge in [0.25, 0.3) is 0 Å². The Kier molecular flexibility index (Phi) is 6.53. The summed E-state index contributed by atoms with van der Waals surface area (Å²) in [5.74, 6) is 1.37. The van der Waals surface area contributed by atoms with Crippen LogP contribution in [0.15, 0.2) is 29.9 Å². The minimum absolute atomic E-state index is 0. The van der Waals surface area contributed by atoms with Crippen LogP contribution in [0.2, 0.25) is 0 Å². The van der Waals surface area contributed by atoms with E-state index >= 15 is 0 Å². The second-order valence-electron chi connectivity index (χ2n) is 4.78. The summed E-state index contributed by atoms with van der Waals surface area (Å²) in [6.07, 6.45) is 4.74. The van der Waals surface area contributed by atoms with E-state index in [0.717, 1.165) is 17.8 Å². The molecule has 3 aromatic rings. The number of hydrogen-bond acceptors (Lipinski definition) is 4. The van der Waals surface area contributed by atoms with Gasteiger partial charge in [0, 0.05) is 31.0 Å². The van der Waals surface area contributed by atoms with Crippen LogP contribution in [0.5, 0.6) is 0 Å². The lowest BCUT2D eigenvalue weighted by molar-refractivity contribution is -0.692. The van der Waals surface area contributed by atoms with Crippen LogP contribution in [0.4, 0.5) is 5.82 Å². The minimum Gasteiger partial charge on any atom is -1.00 e. The molecular weight excluding hydrogens is 339 g/mol. The molecule has 7 heteroatoms. The fraction of sp³-hybridized carbons (Fsp3) is 0.267. The first-order valence-corrected chi connectivity index (χ1v) is 7.53. The third-order valence-electron chi connectivity index (χ3n) is 3.49. The molecule has 0 radical (unpaired) electrons. The zero-order chi connectivity index (χ0) is 14.1. The lowest BCUT2D eigenvalue weighted by Crippen LogP contribution is -3.00. The van der Waals surface area contributed by atoms with Crippen LogP contribution in [0.1, 0.15) is 24.0 Å². The smallest absolute Gasteiger partial charge is 0.196 e. The first-order chi connectivity index (χ1) is 9.69. The zero-order valence-corrected chi connectivity index (χ0v) is 14.8. The number of anilines is 1. The van der Waals surface area contributed by atoms with Gasteiger partial charge in [-0.05, 0) is 11.4 Å². The molecule has 3 rings (SSSR count). The maximum Gasteiger partial charge on any atom is 0.196 e. The van der Waals surface area contributed by atoms with Crippen LogP contribution in [0, 0.1) is 6.92 Å². The molecule has 0 aliphatic carbocycles. The van der Waals surface area contributed by atoms with E-state index in [9.17, 15) is 0 Å². The number of nitrogens with two attached hydrogens (primary N) is 1. The Labute approximate surface area is 146 Å². The number of aromatic nitrogens is 3. The number of nitrogens with zero attached hydrogens (tertiary/aromatic N) is 3. The predicted octanol–water partition coefficient (Wildman–Crippen LogP) is -0.0941. The topological polar surface area (TPSA) is 55.7 Å². The molecule has 0 aliphatic rings. The van der Waals surface area contributed by atoms with Gasteiger partial charge in [0.1, 0.15) is 16.3 Å². The summed E-state index contributed by atoms with van der Waals surface area (Å²) in [6, 6.07) is 4.28. The highest BCUT2D eigenvalue weighted by Crippen LogP contribution is 2.21. The quantitative estimate of drug-likeness (QED) is 0.667. The van der Waals surface area contributed by atoms with Gasteiger partial charge in [-0.3, -0.25) is 0 Å². The van der Waals surface area contributed by atoms with Crippen LogP contribution in [0.3, 0.4) is 0 Å². The van der Waals surface area contributed by atoms with Crippen molar-refractivity contribution in [1.82, 2.24) is 9.97 Å². The lowest BCUT2D eigenvalue weighted by Gasteiger charge is -2.05. The van der Waals surface area contributed by atoms with E-state index in [0.29, 0.717) is 12.4 Å². The molecule has 0 atom stereocenters. The van der Waals surface area contributed by atoms with Crippen molar-refractivity contribution in [1.29, 1.82) is 0 Å². The molecule has 0 saturated carbocycles. The standard InChI is InChI=1S/C15H17N4S.2ClH/c1-3-13-17-8-12(15(16)18-13)9-19-6-4-11-5-7-20-14(11)10(19)2;;/h4-8H,3,9H2,1-2H3,(H2,16,17,18);2*1H/q+1;;/p-1. The van der Waals surface area contributed by atoms with Crippen LogP contribution >= 0.6 is 23.7 Å². The number of halogens is 2. The Bertz CT molecular complexity index is 773. The van der Waals surface area contributed by atoms with Gasteiger partial charge < -0.3 is 18.1 Å². The summed E-state index contributed by atoms with van der Waals surface area (Å²) in [4.78, 5) is 8.66. The summed E-state index contributed by atoms with van der Waals surface area (Å²) < 4.78 is 3.51. The Hall–Kier alpha value is -1.43. The van der Waals surface area contributed by atoms with Gasteiger partial charge >= 0.3 is 0 Å². The molecule has 4 nitrogen and oxygen atoms in total. The molecule has 0 spiro atoms. The van der Waals surface area contributed by atoms with Gasteiger partial charge in [-0.1, -0.05) is 6.92 Å². The average molecular weight is 357 g/mol. The Morgan fingerprint density at radius 1 is 1.32 bits per heavy atom. The first kappa shape index (κ1) is 18.6. The minimum atomic E-state index is 0. The van der Waals surface area contributed by atoms with Crippen LogP contribution in [0.25, 0.3) is 10.1 Å². The van der Waals surface area contributed by atoms with E-state index in [1.807, 2.05) is 13.1 Å². The van der Waals surface area contributed by atoms with Gasteiger partial charge in [-0.15, -0.1) is 23.7 Å². The average Bonchev–Trinajstić information content (AvgIpc) is 2.93. The second kappa shape index (κ2) is 7.72. The van der Waals surface area contributed by atoms with Gasteiger partial charge in [0.15, 0.2) is 18.4 Å². The van der Waals surface area contributed by atoms with Crippen molar-refractivity contribution >= 4 is 39.6 Å². The fourth-order valence-electron chi connectivity index (χ4n) is 2.26. The highest BCUT2D eigenvalue weighted by atomic mass is 35.5. The number of fused-ring (bicyclic) bond motifs is 1. The Morgan fingerprint density at radius 3 is 2.77 bits per heavy atom. The Balaban J connectivity index is 0.00000121. The normalized spacial score (nSPS) is 10.1. The highest BCUT2D eigenvalue weighted by Gasteiger charge is 2.14. The van der Waals surface area contributed by atoms with Gasteiger partial charge in [0.2, 0.25) is 0 Å². The second-order valence-corrected chi connectivity index (χ2v) is 5.70. The molecular formula is C15H18Cl2N4S. The van der Waals surface area contributed by atoms with E-state index in [-0.39, 0.29) is 24.8 Å². The molecule has 3 aromatic heterocycles. The predicted molar refractivity (Wildman–Crippen MR) is 88.9 cm³/mol. The van der Waals surface area contributed by atoms with Gasteiger partial charge in [0.05, 0.1) is 5.56 Å². The molecule has 0 aliphatic heterocycles. The summed E-state index contributed by atoms with van der Waals surface area (Å²) in [5.41, 5.74) is 8.24. The molecule has 0 fully saturated rings. The van der Waals surface area contributed by atoms with Crippen molar-refractivity contribution < 1.29 is 17.0 Å². The largest absolute Gasteiger partial charge is 1.00 e. The van der Waals surface area contributed by atoms with E-state index in [1.165, 1.54) is 15.8 Å². The van der Waals surface area contributed by atoms with Crippen LogP contribution < -0.4 is 22.7 Å². The number of hydrogen-bond donors (Lipinski definition) is 1. The first-order valence-electron chi connectivity index (χ1n) is 6.65. The molecule has 2 N–H and O–H groups in total. The molecule has 0 amide bonds. The SMILES string of the molecule is CCc1ncc(C[n+]2ccc3ccsc3c2C)c(N)n1.Cl.[Cl-]. The van der Waals surface area contributed by atoms with Crippen molar-refractivity contribution in [2.75, 3.05) is 5.73 Å². The molecule has 0 bridgehead atoms. The summed E-state index contributed by atoms with van der Waals surface area (Å²) in [7, 11) is 0. The number of pyridine rings is 1. The van der Waals surface area contributed by atoms with E-state index in [4.69, 9.17) is 5.73 Å². The van der Waals surface area contributed by atoms with E-state index in [1.54, 1.807) is 11.3 Å². The molecule has 118 valence electrons. The number of thiophene rings is 1. The fourth-order valence-corrected chi connectivity index (χ4v) is 3.17. The van der Waals surface area contributed by atoms with Crippen molar-refractivity contribution in [2.24, 2.45) is 0 Å². The molecule has 0 saturated heterocycles. The number of aryl methyl sites for hydroxylation is 2. The molecule has 22 heavy (non-hydrogen) atoms. The summed E-state index contributed by atoms with van der Waals surface area (Å²) >= 11 is 1.77. The van der Waals surface area contributed by atoms with Gasteiger partial charge in [-0.25, -0.2) is 9.97 Å². The van der Waals surface area contributed by atoms with Crippen molar-refractivity contribution in [3.8, 4) is 0 Å². The zero-order valence-electron chi connectivity index (χ0n) is 12.4. The summed E-state index contributed by atoms with van der Waals surface area (Å²) in [5, 5.41) is 3.41. The third-order valence-corrected chi connectivity index (χ3v) is 4.53. The molecule has 0 aromatic carbocycles. The lowest BCUT2D eigenvalue weighted by atomic mass is 10.2. The molecule has 3 heterocycles. The van der Waals surface area contributed by atoms with Crippen LogP contribution in [-0.2, 0) is 13.0 Å². The maximum absolute atomic E-state index is 6.03. The van der Waals surface area contributed by atoms with Crippen molar-refractivity contribution in [2.45, 2.75) is 26.8 Å². The van der Waals surface area contributed by atoms with E-state index < -0.39 is 0 Å². The molecule has 0 unspecified atom stereocenters. The van der Waals surface area contributed by atoms with Crippen LogP contribution in [-0.4, -0.2) is 9.97 Å². The highest BCUT2D eigenvalue weighted by molar-refractivity contribution is 7.17. The van der Waals surface area contributed by atoms with Crippen molar-refractivity contribution in [3.05, 3.63) is 47.0 Å². The maximum atomic E-state index is 6.03. The number of nitrogen functional groups attached to an aromatic ring is 1. The third kappa shape index (κ3) is 3.48.